The van der Waals surface area contributed by atoms with Gasteiger partial charge in [0.15, 0.2) is 11.5 Å². The molecule has 2 aliphatic heterocycles. The highest BCUT2D eigenvalue weighted by Gasteiger charge is 2.24. The van der Waals surface area contributed by atoms with Gasteiger partial charge in [-0.3, -0.25) is 4.79 Å². The number of carbonyl (C=O) groups excluding carboxylic acids is 1. The van der Waals surface area contributed by atoms with Crippen molar-refractivity contribution in [3.63, 3.8) is 0 Å². The Balaban J connectivity index is 1.27. The molecule has 0 atom stereocenters. The maximum atomic E-state index is 12.6. The van der Waals surface area contributed by atoms with Crippen molar-refractivity contribution in [1.29, 1.82) is 0 Å². The minimum atomic E-state index is 0.197. The fraction of sp³-hybridized carbons (Fsp3) is 0.381. The first-order valence-electron chi connectivity index (χ1n) is 9.34. The van der Waals surface area contributed by atoms with Crippen LogP contribution in [0.4, 0.5) is 0 Å². The first-order chi connectivity index (χ1) is 13.2. The average Bonchev–Trinajstić information content (AvgIpc) is 3.17. The summed E-state index contributed by atoms with van der Waals surface area (Å²) in [6.45, 7) is 4.77. The summed E-state index contributed by atoms with van der Waals surface area (Å²) in [6, 6.07) is 13.9. The summed E-state index contributed by atoms with van der Waals surface area (Å²) in [6.07, 6.45) is 0.446. The lowest BCUT2D eigenvalue weighted by Gasteiger charge is -2.32. The number of nitrogens with zero attached hydrogens (tertiary/aromatic N) is 1. The van der Waals surface area contributed by atoms with E-state index in [1.165, 1.54) is 10.5 Å². The number of ether oxygens (including phenoxy) is 3. The SMILES string of the molecule is COc1ccc(CC(=O)N2CC[NH+](Cc3ccc4c(c3)OCO4)CC2)cc1. The number of quaternary nitrogens is 1. The van der Waals surface area contributed by atoms with Gasteiger partial charge in [-0.1, -0.05) is 12.1 Å². The fourth-order valence-electron chi connectivity index (χ4n) is 3.62. The van der Waals surface area contributed by atoms with Gasteiger partial charge in [0.25, 0.3) is 0 Å². The number of carbonyl (C=O) groups is 1. The van der Waals surface area contributed by atoms with Gasteiger partial charge in [0.2, 0.25) is 12.7 Å². The van der Waals surface area contributed by atoms with Crippen LogP contribution in [0.15, 0.2) is 42.5 Å². The van der Waals surface area contributed by atoms with Crippen LogP contribution in [0.25, 0.3) is 0 Å². The Labute approximate surface area is 159 Å². The fourth-order valence-corrected chi connectivity index (χ4v) is 3.62. The predicted molar refractivity (Wildman–Crippen MR) is 100 cm³/mol. The Morgan fingerprint density at radius 1 is 1.04 bits per heavy atom. The highest BCUT2D eigenvalue weighted by atomic mass is 16.7. The number of piperazine rings is 1. The molecule has 1 N–H and O–H groups in total. The van der Waals surface area contributed by atoms with E-state index in [4.69, 9.17) is 14.2 Å². The number of fused-ring (bicyclic) bond motifs is 1. The Bertz CT molecular complexity index is 798. The molecule has 2 aromatic carbocycles. The molecule has 1 amide bonds. The van der Waals surface area contributed by atoms with E-state index in [9.17, 15) is 4.79 Å². The summed E-state index contributed by atoms with van der Waals surface area (Å²) >= 11 is 0. The molecular weight excluding hydrogens is 344 g/mol. The molecule has 0 spiro atoms. The second-order valence-electron chi connectivity index (χ2n) is 7.02. The van der Waals surface area contributed by atoms with Crippen molar-refractivity contribution in [2.45, 2.75) is 13.0 Å². The Hall–Kier alpha value is -2.73. The maximum absolute atomic E-state index is 12.6. The number of benzene rings is 2. The van der Waals surface area contributed by atoms with Crippen molar-refractivity contribution in [3.05, 3.63) is 53.6 Å². The summed E-state index contributed by atoms with van der Waals surface area (Å²) in [5, 5.41) is 0. The minimum absolute atomic E-state index is 0.197. The van der Waals surface area contributed by atoms with E-state index >= 15 is 0 Å². The molecule has 0 radical (unpaired) electrons. The Kier molecular flexibility index (Phi) is 5.16. The number of nitrogens with one attached hydrogen (secondary N) is 1. The molecule has 142 valence electrons. The number of methoxy groups -OCH3 is 1. The van der Waals surface area contributed by atoms with E-state index in [2.05, 4.69) is 12.1 Å². The molecule has 2 heterocycles. The van der Waals surface area contributed by atoms with Crippen molar-refractivity contribution in [3.8, 4) is 17.2 Å². The quantitative estimate of drug-likeness (QED) is 0.851. The molecule has 0 unspecified atom stereocenters. The van der Waals surface area contributed by atoms with Gasteiger partial charge < -0.3 is 24.0 Å². The molecule has 2 aromatic rings. The van der Waals surface area contributed by atoms with E-state index < -0.39 is 0 Å². The highest BCUT2D eigenvalue weighted by molar-refractivity contribution is 5.78. The normalized spacial score (nSPS) is 16.4. The zero-order valence-corrected chi connectivity index (χ0v) is 15.6. The van der Waals surface area contributed by atoms with Crippen molar-refractivity contribution >= 4 is 5.91 Å². The van der Waals surface area contributed by atoms with Gasteiger partial charge in [0.1, 0.15) is 12.3 Å². The standard InChI is InChI=1S/C21H24N2O4/c1-25-18-5-2-16(3-6-18)13-21(24)23-10-8-22(9-11-23)14-17-4-7-19-20(12-17)27-15-26-19/h2-7,12H,8-11,13-15H2,1H3/p+1. The lowest BCUT2D eigenvalue weighted by Crippen LogP contribution is -3.13. The van der Waals surface area contributed by atoms with Crippen LogP contribution in [0, 0.1) is 0 Å². The molecule has 0 saturated carbocycles. The molecule has 27 heavy (non-hydrogen) atoms. The largest absolute Gasteiger partial charge is 0.497 e. The molecule has 6 heteroatoms. The monoisotopic (exact) mass is 369 g/mol. The zero-order chi connectivity index (χ0) is 18.6. The van der Waals surface area contributed by atoms with Gasteiger partial charge in [-0.05, 0) is 35.9 Å². The van der Waals surface area contributed by atoms with E-state index in [1.807, 2.05) is 35.2 Å². The Morgan fingerprint density at radius 3 is 2.48 bits per heavy atom. The Morgan fingerprint density at radius 2 is 1.74 bits per heavy atom. The van der Waals surface area contributed by atoms with Crippen LogP contribution in [-0.4, -0.2) is 50.9 Å². The predicted octanol–water partition coefficient (Wildman–Crippen LogP) is 0.894. The van der Waals surface area contributed by atoms with Crippen molar-refractivity contribution in [2.24, 2.45) is 0 Å². The second kappa shape index (κ2) is 7.88. The van der Waals surface area contributed by atoms with Gasteiger partial charge in [-0.25, -0.2) is 0 Å². The summed E-state index contributed by atoms with van der Waals surface area (Å²) in [5.41, 5.74) is 2.27. The molecule has 1 fully saturated rings. The van der Waals surface area contributed by atoms with Crippen LogP contribution in [0.5, 0.6) is 17.2 Å². The molecule has 1 saturated heterocycles. The smallest absolute Gasteiger partial charge is 0.231 e. The van der Waals surface area contributed by atoms with Crippen LogP contribution in [0.1, 0.15) is 11.1 Å². The summed E-state index contributed by atoms with van der Waals surface area (Å²) in [5.74, 6) is 2.66. The van der Waals surface area contributed by atoms with Crippen molar-refractivity contribution in [1.82, 2.24) is 4.90 Å². The molecule has 4 rings (SSSR count). The van der Waals surface area contributed by atoms with Crippen LogP contribution in [0.2, 0.25) is 0 Å². The van der Waals surface area contributed by atoms with Gasteiger partial charge in [0.05, 0.1) is 39.7 Å². The van der Waals surface area contributed by atoms with Gasteiger partial charge in [-0.2, -0.15) is 0 Å². The summed E-state index contributed by atoms with van der Waals surface area (Å²) in [7, 11) is 1.64. The van der Waals surface area contributed by atoms with Crippen LogP contribution in [0.3, 0.4) is 0 Å². The van der Waals surface area contributed by atoms with Crippen LogP contribution in [-0.2, 0) is 17.8 Å². The van der Waals surface area contributed by atoms with Crippen molar-refractivity contribution < 1.29 is 23.9 Å². The maximum Gasteiger partial charge on any atom is 0.231 e. The average molecular weight is 369 g/mol. The van der Waals surface area contributed by atoms with E-state index in [-0.39, 0.29) is 5.91 Å². The molecule has 0 aliphatic carbocycles. The molecular formula is C21H25N2O4+. The highest BCUT2D eigenvalue weighted by Crippen LogP contribution is 2.32. The van der Waals surface area contributed by atoms with E-state index in [1.54, 1.807) is 7.11 Å². The van der Waals surface area contributed by atoms with E-state index in [0.717, 1.165) is 55.5 Å². The molecule has 0 aromatic heterocycles. The number of hydrogen-bond acceptors (Lipinski definition) is 4. The van der Waals surface area contributed by atoms with Gasteiger partial charge in [-0.15, -0.1) is 0 Å². The molecule has 6 nitrogen and oxygen atoms in total. The third-order valence-electron chi connectivity index (χ3n) is 5.23. The number of rotatable bonds is 5. The van der Waals surface area contributed by atoms with Crippen molar-refractivity contribution in [2.75, 3.05) is 40.1 Å². The molecule has 2 aliphatic rings. The number of amides is 1. The summed E-state index contributed by atoms with van der Waals surface area (Å²) in [4.78, 5) is 16.0. The topological polar surface area (TPSA) is 52.4 Å². The van der Waals surface area contributed by atoms with Gasteiger partial charge >= 0.3 is 0 Å². The summed E-state index contributed by atoms with van der Waals surface area (Å²) < 4.78 is 16.0. The van der Waals surface area contributed by atoms with Crippen LogP contribution < -0.4 is 19.1 Å². The minimum Gasteiger partial charge on any atom is -0.497 e. The lowest BCUT2D eigenvalue weighted by molar-refractivity contribution is -0.917. The third kappa shape index (κ3) is 4.17. The first-order valence-corrected chi connectivity index (χ1v) is 9.34. The lowest BCUT2D eigenvalue weighted by atomic mass is 10.1. The molecule has 0 bridgehead atoms. The van der Waals surface area contributed by atoms with Crippen LogP contribution >= 0.6 is 0 Å². The number of hydrogen-bond donors (Lipinski definition) is 1. The third-order valence-corrected chi connectivity index (χ3v) is 5.23. The van der Waals surface area contributed by atoms with Gasteiger partial charge in [0, 0.05) is 5.56 Å². The second-order valence-corrected chi connectivity index (χ2v) is 7.02. The van der Waals surface area contributed by atoms with E-state index in [0.29, 0.717) is 13.2 Å². The zero-order valence-electron chi connectivity index (χ0n) is 15.6. The first kappa shape index (κ1) is 17.7.